The van der Waals surface area contributed by atoms with Crippen molar-refractivity contribution in [3.05, 3.63) is 28.6 Å². The van der Waals surface area contributed by atoms with Crippen LogP contribution in [-0.2, 0) is 11.8 Å². The number of hydrogen-bond donors (Lipinski definition) is 0. The Bertz CT molecular complexity index is 533. The molecule has 0 unspecified atom stereocenters. The van der Waals surface area contributed by atoms with E-state index in [-0.39, 0.29) is 5.97 Å². The van der Waals surface area contributed by atoms with Crippen molar-refractivity contribution in [1.82, 2.24) is 9.55 Å². The highest BCUT2D eigenvalue weighted by molar-refractivity contribution is 9.10. The summed E-state index contributed by atoms with van der Waals surface area (Å²) in [5, 5.41) is 0.839. The summed E-state index contributed by atoms with van der Waals surface area (Å²) in [5.74, 6) is -0.335. The fraction of sp³-hybridized carbons (Fsp3) is 0.200. The molecule has 0 aliphatic carbocycles. The Morgan fingerprint density at radius 2 is 2.33 bits per heavy atom. The third kappa shape index (κ3) is 1.63. The van der Waals surface area contributed by atoms with Crippen molar-refractivity contribution in [2.24, 2.45) is 7.05 Å². The number of carbonyl (C=O) groups excluding carboxylic acids is 1. The zero-order valence-electron chi connectivity index (χ0n) is 8.32. The SMILES string of the molecule is COC(=O)c1cn(C)c2cnc(Br)cc12. The van der Waals surface area contributed by atoms with E-state index in [4.69, 9.17) is 4.74 Å². The highest BCUT2D eigenvalue weighted by Gasteiger charge is 2.14. The Morgan fingerprint density at radius 3 is 3.00 bits per heavy atom. The molecular weight excluding hydrogens is 260 g/mol. The third-order valence-corrected chi connectivity index (χ3v) is 2.68. The molecule has 0 aliphatic heterocycles. The molecule has 5 heteroatoms. The maximum absolute atomic E-state index is 11.5. The number of ether oxygens (including phenoxy) is 1. The van der Waals surface area contributed by atoms with Crippen LogP contribution in [0.2, 0.25) is 0 Å². The number of nitrogens with zero attached hydrogens (tertiary/aromatic N) is 2. The van der Waals surface area contributed by atoms with Crippen molar-refractivity contribution in [2.75, 3.05) is 7.11 Å². The molecule has 0 fully saturated rings. The van der Waals surface area contributed by atoms with Crippen LogP contribution in [0.1, 0.15) is 10.4 Å². The Kier molecular flexibility index (Phi) is 2.48. The lowest BCUT2D eigenvalue weighted by Crippen LogP contribution is -1.99. The predicted molar refractivity (Wildman–Crippen MR) is 59.8 cm³/mol. The van der Waals surface area contributed by atoms with E-state index in [0.29, 0.717) is 10.2 Å². The molecule has 0 aliphatic rings. The lowest BCUT2D eigenvalue weighted by molar-refractivity contribution is 0.0603. The maximum Gasteiger partial charge on any atom is 0.340 e. The van der Waals surface area contributed by atoms with Gasteiger partial charge < -0.3 is 9.30 Å². The number of carbonyl (C=O) groups is 1. The molecule has 0 bridgehead atoms. The van der Waals surface area contributed by atoms with Gasteiger partial charge in [0, 0.05) is 18.6 Å². The summed E-state index contributed by atoms with van der Waals surface area (Å²) >= 11 is 3.27. The molecule has 0 N–H and O–H groups in total. The standard InChI is InChI=1S/C10H9BrN2O2/c1-13-5-7(10(14)15-2)6-3-9(11)12-4-8(6)13/h3-5H,1-2H3. The first-order valence-electron chi connectivity index (χ1n) is 4.32. The van der Waals surface area contributed by atoms with Crippen molar-refractivity contribution in [3.8, 4) is 0 Å². The minimum Gasteiger partial charge on any atom is -0.465 e. The Labute approximate surface area is 95.0 Å². The van der Waals surface area contributed by atoms with Crippen LogP contribution in [0, 0.1) is 0 Å². The number of hydrogen-bond acceptors (Lipinski definition) is 3. The number of esters is 1. The Hall–Kier alpha value is -1.36. The highest BCUT2D eigenvalue weighted by Crippen LogP contribution is 2.23. The molecule has 4 nitrogen and oxygen atoms in total. The van der Waals surface area contributed by atoms with Gasteiger partial charge >= 0.3 is 5.97 Å². The summed E-state index contributed by atoms with van der Waals surface area (Å²) in [4.78, 5) is 15.6. The van der Waals surface area contributed by atoms with E-state index in [0.717, 1.165) is 10.9 Å². The van der Waals surface area contributed by atoms with Crippen LogP contribution in [0.15, 0.2) is 23.1 Å². The number of aryl methyl sites for hydroxylation is 1. The molecule has 0 saturated carbocycles. The van der Waals surface area contributed by atoms with Gasteiger partial charge in [-0.3, -0.25) is 0 Å². The lowest BCUT2D eigenvalue weighted by Gasteiger charge is -1.96. The summed E-state index contributed by atoms with van der Waals surface area (Å²) in [6.45, 7) is 0. The van der Waals surface area contributed by atoms with Gasteiger partial charge in [-0.1, -0.05) is 0 Å². The highest BCUT2D eigenvalue weighted by atomic mass is 79.9. The normalized spacial score (nSPS) is 10.6. The molecule has 0 saturated heterocycles. The van der Waals surface area contributed by atoms with E-state index >= 15 is 0 Å². The smallest absolute Gasteiger partial charge is 0.340 e. The molecule has 2 rings (SSSR count). The molecule has 78 valence electrons. The lowest BCUT2D eigenvalue weighted by atomic mass is 10.2. The van der Waals surface area contributed by atoms with Crippen LogP contribution in [0.3, 0.4) is 0 Å². The Morgan fingerprint density at radius 1 is 1.60 bits per heavy atom. The van der Waals surface area contributed by atoms with Gasteiger partial charge in [0.25, 0.3) is 0 Å². The number of halogens is 1. The molecule has 2 heterocycles. The molecule has 0 aromatic carbocycles. The fourth-order valence-electron chi connectivity index (χ4n) is 1.52. The summed E-state index contributed by atoms with van der Waals surface area (Å²) in [5.41, 5.74) is 1.46. The summed E-state index contributed by atoms with van der Waals surface area (Å²) in [6.07, 6.45) is 3.45. The minimum atomic E-state index is -0.335. The van der Waals surface area contributed by atoms with Gasteiger partial charge in [0.05, 0.1) is 24.4 Å². The fourth-order valence-corrected chi connectivity index (χ4v) is 1.86. The van der Waals surface area contributed by atoms with E-state index in [1.807, 2.05) is 17.7 Å². The largest absolute Gasteiger partial charge is 0.465 e. The van der Waals surface area contributed by atoms with E-state index in [1.54, 1.807) is 12.4 Å². The van der Waals surface area contributed by atoms with Crippen LogP contribution < -0.4 is 0 Å². The summed E-state index contributed by atoms with van der Waals surface area (Å²) in [6, 6.07) is 1.81. The van der Waals surface area contributed by atoms with Crippen LogP contribution in [0.5, 0.6) is 0 Å². The topological polar surface area (TPSA) is 44.1 Å². The molecular formula is C10H9BrN2O2. The number of fused-ring (bicyclic) bond motifs is 1. The van der Waals surface area contributed by atoms with Gasteiger partial charge in [0.2, 0.25) is 0 Å². The molecule has 2 aromatic heterocycles. The van der Waals surface area contributed by atoms with E-state index in [2.05, 4.69) is 20.9 Å². The number of pyridine rings is 1. The molecule has 0 amide bonds. The Balaban J connectivity index is 2.75. The monoisotopic (exact) mass is 268 g/mol. The first-order valence-corrected chi connectivity index (χ1v) is 5.11. The number of aromatic nitrogens is 2. The number of rotatable bonds is 1. The van der Waals surface area contributed by atoms with E-state index < -0.39 is 0 Å². The molecule has 15 heavy (non-hydrogen) atoms. The van der Waals surface area contributed by atoms with Crippen LogP contribution in [-0.4, -0.2) is 22.6 Å². The second kappa shape index (κ2) is 3.66. The first kappa shape index (κ1) is 10.2. The van der Waals surface area contributed by atoms with Gasteiger partial charge in [-0.2, -0.15) is 0 Å². The van der Waals surface area contributed by atoms with Gasteiger partial charge in [-0.05, 0) is 22.0 Å². The van der Waals surface area contributed by atoms with Gasteiger partial charge in [-0.25, -0.2) is 9.78 Å². The van der Waals surface area contributed by atoms with Crippen LogP contribution in [0.4, 0.5) is 0 Å². The second-order valence-corrected chi connectivity index (χ2v) is 3.98. The predicted octanol–water partition coefficient (Wildman–Crippen LogP) is 2.12. The van der Waals surface area contributed by atoms with E-state index in [1.165, 1.54) is 7.11 Å². The van der Waals surface area contributed by atoms with Crippen molar-refractivity contribution in [2.45, 2.75) is 0 Å². The molecule has 2 aromatic rings. The van der Waals surface area contributed by atoms with Gasteiger partial charge in [0.15, 0.2) is 0 Å². The zero-order chi connectivity index (χ0) is 11.0. The minimum absolute atomic E-state index is 0.335. The van der Waals surface area contributed by atoms with E-state index in [9.17, 15) is 4.79 Å². The average Bonchev–Trinajstić information content (AvgIpc) is 2.54. The number of methoxy groups -OCH3 is 1. The molecule has 0 atom stereocenters. The van der Waals surface area contributed by atoms with Crippen molar-refractivity contribution in [1.29, 1.82) is 0 Å². The van der Waals surface area contributed by atoms with Gasteiger partial charge in [0.1, 0.15) is 4.60 Å². The van der Waals surface area contributed by atoms with Crippen molar-refractivity contribution < 1.29 is 9.53 Å². The van der Waals surface area contributed by atoms with Gasteiger partial charge in [-0.15, -0.1) is 0 Å². The quantitative estimate of drug-likeness (QED) is 0.588. The molecule has 0 radical (unpaired) electrons. The summed E-state index contributed by atoms with van der Waals surface area (Å²) in [7, 11) is 3.24. The second-order valence-electron chi connectivity index (χ2n) is 3.17. The average molecular weight is 269 g/mol. The summed E-state index contributed by atoms with van der Waals surface area (Å²) < 4.78 is 7.26. The first-order chi connectivity index (χ1) is 7.13. The van der Waals surface area contributed by atoms with Crippen molar-refractivity contribution in [3.63, 3.8) is 0 Å². The van der Waals surface area contributed by atoms with Crippen LogP contribution in [0.25, 0.3) is 10.9 Å². The molecule has 0 spiro atoms. The maximum atomic E-state index is 11.5. The third-order valence-electron chi connectivity index (χ3n) is 2.25. The zero-order valence-corrected chi connectivity index (χ0v) is 9.91. The van der Waals surface area contributed by atoms with Crippen molar-refractivity contribution >= 4 is 32.8 Å². The van der Waals surface area contributed by atoms with Crippen LogP contribution >= 0.6 is 15.9 Å².